The number of nitrogens with one attached hydrogen (secondary N) is 1. The lowest BCUT2D eigenvalue weighted by Gasteiger charge is -2.35. The number of halogens is 1. The summed E-state index contributed by atoms with van der Waals surface area (Å²) in [4.78, 5) is 30.4. The van der Waals surface area contributed by atoms with E-state index in [0.717, 1.165) is 53.1 Å². The first kappa shape index (κ1) is 33.2. The number of carbonyl (C=O) groups is 2. The molecular formula is C37H40ClN3O4S. The van der Waals surface area contributed by atoms with Crippen molar-refractivity contribution in [2.45, 2.75) is 69.0 Å². The summed E-state index contributed by atoms with van der Waals surface area (Å²) in [7, 11) is -4.18. The molecule has 0 spiro atoms. The van der Waals surface area contributed by atoms with Crippen LogP contribution in [0.25, 0.3) is 0 Å². The molecule has 9 heteroatoms. The molecule has 2 amide bonds. The molecular weight excluding hydrogens is 618 g/mol. The Hall–Kier alpha value is -4.14. The largest absolute Gasteiger partial charge is 0.352 e. The first-order valence-electron chi connectivity index (χ1n) is 15.7. The van der Waals surface area contributed by atoms with E-state index >= 15 is 0 Å². The maximum atomic E-state index is 14.6. The van der Waals surface area contributed by atoms with Crippen molar-refractivity contribution in [2.75, 3.05) is 10.8 Å². The quantitative estimate of drug-likeness (QED) is 0.179. The number of nitrogens with zero attached hydrogens (tertiary/aromatic N) is 2. The van der Waals surface area contributed by atoms with Crippen molar-refractivity contribution in [2.24, 2.45) is 0 Å². The number of para-hydroxylation sites is 1. The van der Waals surface area contributed by atoms with Gasteiger partial charge in [-0.3, -0.25) is 13.9 Å². The number of sulfonamides is 1. The number of aryl methyl sites for hydroxylation is 1. The summed E-state index contributed by atoms with van der Waals surface area (Å²) in [6.07, 6.45) is 5.33. The Labute approximate surface area is 277 Å². The summed E-state index contributed by atoms with van der Waals surface area (Å²) in [5.74, 6) is -0.714. The van der Waals surface area contributed by atoms with E-state index in [1.54, 1.807) is 35.2 Å². The number of amides is 2. The Kier molecular flexibility index (Phi) is 11.1. The fraction of sp³-hybridized carbons (Fsp3) is 0.297. The number of benzene rings is 4. The summed E-state index contributed by atoms with van der Waals surface area (Å²) in [6.45, 7) is 1.61. The van der Waals surface area contributed by atoms with Gasteiger partial charge in [-0.05, 0) is 72.9 Å². The molecule has 0 aromatic heterocycles. The van der Waals surface area contributed by atoms with Gasteiger partial charge in [-0.1, -0.05) is 104 Å². The molecule has 1 aliphatic carbocycles. The molecule has 1 unspecified atom stereocenters. The molecule has 0 aliphatic heterocycles. The molecule has 0 radical (unpaired) electrons. The zero-order valence-electron chi connectivity index (χ0n) is 26.0. The molecule has 4 aromatic rings. The van der Waals surface area contributed by atoms with Gasteiger partial charge in [-0.25, -0.2) is 8.42 Å². The van der Waals surface area contributed by atoms with Crippen LogP contribution >= 0.6 is 11.6 Å². The molecule has 0 saturated heterocycles. The molecule has 5 rings (SSSR count). The van der Waals surface area contributed by atoms with Crippen LogP contribution in [0.3, 0.4) is 0 Å². The van der Waals surface area contributed by atoms with E-state index in [2.05, 4.69) is 5.32 Å². The summed E-state index contributed by atoms with van der Waals surface area (Å²) in [5.41, 5.74) is 3.10. The molecule has 1 N–H and O–H groups in total. The van der Waals surface area contributed by atoms with Gasteiger partial charge in [0.05, 0.1) is 10.6 Å². The number of hydrogen-bond donors (Lipinski definition) is 1. The Morgan fingerprint density at radius 1 is 0.826 bits per heavy atom. The second-order valence-corrected chi connectivity index (χ2v) is 14.1. The molecule has 0 heterocycles. The number of rotatable bonds is 12. The number of hydrogen-bond acceptors (Lipinski definition) is 4. The van der Waals surface area contributed by atoms with Gasteiger partial charge >= 0.3 is 0 Å². The maximum Gasteiger partial charge on any atom is 0.264 e. The van der Waals surface area contributed by atoms with Crippen LogP contribution in [0.15, 0.2) is 114 Å². The van der Waals surface area contributed by atoms with E-state index in [0.29, 0.717) is 10.7 Å². The Morgan fingerprint density at radius 3 is 2.09 bits per heavy atom. The van der Waals surface area contributed by atoms with Gasteiger partial charge in [0.15, 0.2) is 0 Å². The summed E-state index contributed by atoms with van der Waals surface area (Å²) in [5, 5.41) is 3.65. The molecule has 1 aliphatic rings. The van der Waals surface area contributed by atoms with Crippen molar-refractivity contribution in [3.05, 3.63) is 131 Å². The highest BCUT2D eigenvalue weighted by molar-refractivity contribution is 7.92. The van der Waals surface area contributed by atoms with Crippen molar-refractivity contribution < 1.29 is 18.0 Å². The SMILES string of the molecule is Cc1ccccc1CN(C(=O)CN(c1ccccc1)S(=O)(=O)c1ccc(Cl)cc1)C(Cc1ccccc1)C(=O)NC1CCCCC1. The smallest absolute Gasteiger partial charge is 0.264 e. The fourth-order valence-electron chi connectivity index (χ4n) is 5.93. The van der Waals surface area contributed by atoms with Crippen molar-refractivity contribution in [3.63, 3.8) is 0 Å². The number of carbonyl (C=O) groups excluding carboxylic acids is 2. The summed E-state index contributed by atoms with van der Waals surface area (Å²) in [6, 6.07) is 31.0. The lowest BCUT2D eigenvalue weighted by atomic mass is 9.94. The Balaban J connectivity index is 1.55. The van der Waals surface area contributed by atoms with E-state index in [1.807, 2.05) is 61.5 Å². The molecule has 0 bridgehead atoms. The standard InChI is InChI=1S/C37H40ClN3O4S/c1-28-13-11-12-16-30(28)26-40(35(25-29-14-5-2-6-15-29)37(43)39-32-17-7-3-8-18-32)36(42)27-41(33-19-9-4-10-20-33)46(44,45)34-23-21-31(38)22-24-34/h2,4-6,9-16,19-24,32,35H,3,7-8,17-18,25-27H2,1H3,(H,39,43). The van der Waals surface area contributed by atoms with E-state index in [1.165, 1.54) is 24.3 Å². The molecule has 1 saturated carbocycles. The van der Waals surface area contributed by atoms with Crippen molar-refractivity contribution >= 4 is 39.1 Å². The van der Waals surface area contributed by atoms with Crippen LogP contribution < -0.4 is 9.62 Å². The molecule has 1 atom stereocenters. The normalized spacial score (nSPS) is 14.3. The van der Waals surface area contributed by atoms with Crippen LogP contribution in [0.2, 0.25) is 5.02 Å². The van der Waals surface area contributed by atoms with Gasteiger partial charge in [-0.15, -0.1) is 0 Å². The highest BCUT2D eigenvalue weighted by atomic mass is 35.5. The predicted molar refractivity (Wildman–Crippen MR) is 183 cm³/mol. The van der Waals surface area contributed by atoms with Gasteiger partial charge in [0.2, 0.25) is 11.8 Å². The molecule has 46 heavy (non-hydrogen) atoms. The third-order valence-corrected chi connectivity index (χ3v) is 10.6. The second-order valence-electron chi connectivity index (χ2n) is 11.8. The molecule has 240 valence electrons. The second kappa shape index (κ2) is 15.4. The van der Waals surface area contributed by atoms with E-state index < -0.39 is 28.5 Å². The van der Waals surface area contributed by atoms with Crippen molar-refractivity contribution in [3.8, 4) is 0 Å². The first-order chi connectivity index (χ1) is 22.2. The minimum atomic E-state index is -4.18. The number of anilines is 1. The minimum Gasteiger partial charge on any atom is -0.352 e. The van der Waals surface area contributed by atoms with Crippen LogP contribution in [0.1, 0.15) is 48.8 Å². The van der Waals surface area contributed by atoms with Gasteiger partial charge in [0.1, 0.15) is 12.6 Å². The van der Waals surface area contributed by atoms with Crippen molar-refractivity contribution in [1.82, 2.24) is 10.2 Å². The third kappa shape index (κ3) is 8.36. The molecule has 4 aromatic carbocycles. The highest BCUT2D eigenvalue weighted by Crippen LogP contribution is 2.26. The molecule has 1 fully saturated rings. The highest BCUT2D eigenvalue weighted by Gasteiger charge is 2.35. The third-order valence-electron chi connectivity index (χ3n) is 8.55. The first-order valence-corrected chi connectivity index (χ1v) is 17.6. The van der Waals surface area contributed by atoms with E-state index in [9.17, 15) is 18.0 Å². The van der Waals surface area contributed by atoms with Crippen LogP contribution in [0.4, 0.5) is 5.69 Å². The lowest BCUT2D eigenvalue weighted by molar-refractivity contribution is -0.140. The maximum absolute atomic E-state index is 14.6. The van der Waals surface area contributed by atoms with Crippen LogP contribution in [0, 0.1) is 6.92 Å². The lowest BCUT2D eigenvalue weighted by Crippen LogP contribution is -2.55. The topological polar surface area (TPSA) is 86.8 Å². The Morgan fingerprint density at radius 2 is 1.43 bits per heavy atom. The van der Waals surface area contributed by atoms with Crippen molar-refractivity contribution in [1.29, 1.82) is 0 Å². The predicted octanol–water partition coefficient (Wildman–Crippen LogP) is 6.93. The average Bonchev–Trinajstić information content (AvgIpc) is 3.07. The van der Waals surface area contributed by atoms with Crippen LogP contribution in [-0.2, 0) is 32.6 Å². The summed E-state index contributed by atoms with van der Waals surface area (Å²) < 4.78 is 29.3. The molecule has 7 nitrogen and oxygen atoms in total. The summed E-state index contributed by atoms with van der Waals surface area (Å²) >= 11 is 6.07. The zero-order chi connectivity index (χ0) is 32.5. The van der Waals surface area contributed by atoms with Crippen LogP contribution in [0.5, 0.6) is 0 Å². The zero-order valence-corrected chi connectivity index (χ0v) is 27.6. The minimum absolute atomic E-state index is 0.00915. The van der Waals surface area contributed by atoms with Gasteiger partial charge < -0.3 is 10.2 Å². The fourth-order valence-corrected chi connectivity index (χ4v) is 7.47. The van der Waals surface area contributed by atoms with E-state index in [-0.39, 0.29) is 29.8 Å². The van der Waals surface area contributed by atoms with Gasteiger partial charge in [0.25, 0.3) is 10.0 Å². The average molecular weight is 658 g/mol. The van der Waals surface area contributed by atoms with Gasteiger partial charge in [-0.2, -0.15) is 0 Å². The van der Waals surface area contributed by atoms with E-state index in [4.69, 9.17) is 11.6 Å². The van der Waals surface area contributed by atoms with Gasteiger partial charge in [0, 0.05) is 24.0 Å². The van der Waals surface area contributed by atoms with Crippen LogP contribution in [-0.4, -0.2) is 43.8 Å². The monoisotopic (exact) mass is 657 g/mol. The Bertz CT molecular complexity index is 1710.